The number of aliphatic imine (C=N–C) groups is 1. The van der Waals surface area contributed by atoms with Crippen LogP contribution in [-0.2, 0) is 11.8 Å². The van der Waals surface area contributed by atoms with Crippen molar-refractivity contribution < 1.29 is 4.79 Å². The topological polar surface area (TPSA) is 71.3 Å². The Bertz CT molecular complexity index is 509. The van der Waals surface area contributed by atoms with E-state index in [2.05, 4.69) is 20.7 Å². The molecular weight excluding hydrogens is 230 g/mol. The molecule has 1 amide bonds. The minimum absolute atomic E-state index is 0.113. The van der Waals surface area contributed by atoms with Crippen molar-refractivity contribution in [2.24, 2.45) is 12.0 Å². The summed E-state index contributed by atoms with van der Waals surface area (Å²) in [5.41, 5.74) is 1.55. The molecule has 6 heteroatoms. The lowest BCUT2D eigenvalue weighted by Gasteiger charge is -2.21. The number of nitrogens with one attached hydrogen (secondary N) is 2. The van der Waals surface area contributed by atoms with E-state index in [1.54, 1.807) is 4.68 Å². The molecule has 0 radical (unpaired) electrons. The Morgan fingerprint density at radius 2 is 2.11 bits per heavy atom. The Hall–Kier alpha value is -1.85. The summed E-state index contributed by atoms with van der Waals surface area (Å²) in [5, 5.41) is 10.2. The van der Waals surface area contributed by atoms with E-state index in [1.165, 1.54) is 0 Å². The predicted molar refractivity (Wildman–Crippen MR) is 69.2 cm³/mol. The van der Waals surface area contributed by atoms with Crippen LogP contribution >= 0.6 is 0 Å². The molecular formula is C12H19N5O. The largest absolute Gasteiger partial charge is 0.351 e. The van der Waals surface area contributed by atoms with Crippen molar-refractivity contribution in [3.05, 3.63) is 17.5 Å². The molecule has 0 bridgehead atoms. The number of guanidine groups is 1. The van der Waals surface area contributed by atoms with Gasteiger partial charge in [0.1, 0.15) is 0 Å². The van der Waals surface area contributed by atoms with E-state index in [-0.39, 0.29) is 11.4 Å². The summed E-state index contributed by atoms with van der Waals surface area (Å²) in [6.45, 7) is 7.94. The number of nitrogens with zero attached hydrogens (tertiary/aromatic N) is 3. The SMILES string of the molecule is Cc1nn(C)cc1C1N=C(NC(C)(C)C)NC1=O. The van der Waals surface area contributed by atoms with Crippen LogP contribution in [-0.4, -0.2) is 27.2 Å². The number of carbonyl (C=O) groups is 1. The standard InChI is InChI=1S/C12H19N5O/c1-7-8(6-17(5)16-7)9-10(18)14-11(13-9)15-12(2,3)4/h6,9H,1-5H3,(H2,13,14,15,18). The zero-order valence-corrected chi connectivity index (χ0v) is 11.4. The van der Waals surface area contributed by atoms with E-state index in [9.17, 15) is 4.79 Å². The molecule has 0 saturated heterocycles. The van der Waals surface area contributed by atoms with Crippen molar-refractivity contribution >= 4 is 11.9 Å². The highest BCUT2D eigenvalue weighted by Gasteiger charge is 2.31. The van der Waals surface area contributed by atoms with Crippen LogP contribution in [0.4, 0.5) is 0 Å². The second kappa shape index (κ2) is 4.12. The van der Waals surface area contributed by atoms with Crippen molar-refractivity contribution in [2.75, 3.05) is 0 Å². The lowest BCUT2D eigenvalue weighted by atomic mass is 10.1. The number of carbonyl (C=O) groups excluding carboxylic acids is 1. The Labute approximate surface area is 106 Å². The summed E-state index contributed by atoms with van der Waals surface area (Å²) in [7, 11) is 1.83. The smallest absolute Gasteiger partial charge is 0.256 e. The van der Waals surface area contributed by atoms with Gasteiger partial charge in [0, 0.05) is 24.3 Å². The van der Waals surface area contributed by atoms with E-state index in [0.29, 0.717) is 5.96 Å². The molecule has 6 nitrogen and oxygen atoms in total. The summed E-state index contributed by atoms with van der Waals surface area (Å²) in [6, 6.07) is -0.497. The summed E-state index contributed by atoms with van der Waals surface area (Å²) in [4.78, 5) is 16.3. The fourth-order valence-electron chi connectivity index (χ4n) is 1.92. The first-order valence-electron chi connectivity index (χ1n) is 5.93. The van der Waals surface area contributed by atoms with Gasteiger partial charge in [-0.2, -0.15) is 5.10 Å². The van der Waals surface area contributed by atoms with Crippen LogP contribution in [0, 0.1) is 6.92 Å². The first-order chi connectivity index (χ1) is 8.26. The van der Waals surface area contributed by atoms with Crippen LogP contribution in [0.5, 0.6) is 0 Å². The lowest BCUT2D eigenvalue weighted by molar-refractivity contribution is -0.120. The number of hydrogen-bond acceptors (Lipinski definition) is 4. The third-order valence-corrected chi connectivity index (χ3v) is 2.59. The maximum absolute atomic E-state index is 11.9. The number of aromatic nitrogens is 2. The highest BCUT2D eigenvalue weighted by atomic mass is 16.2. The zero-order chi connectivity index (χ0) is 13.5. The Morgan fingerprint density at radius 3 is 2.61 bits per heavy atom. The monoisotopic (exact) mass is 249 g/mol. The minimum Gasteiger partial charge on any atom is -0.351 e. The lowest BCUT2D eigenvalue weighted by Crippen LogP contribution is -2.46. The van der Waals surface area contributed by atoms with Crippen LogP contribution < -0.4 is 10.6 Å². The fourth-order valence-corrected chi connectivity index (χ4v) is 1.92. The number of hydrogen-bond donors (Lipinski definition) is 2. The van der Waals surface area contributed by atoms with Crippen molar-refractivity contribution in [1.29, 1.82) is 0 Å². The third kappa shape index (κ3) is 2.52. The third-order valence-electron chi connectivity index (χ3n) is 2.59. The molecule has 0 spiro atoms. The van der Waals surface area contributed by atoms with E-state index in [4.69, 9.17) is 0 Å². The molecule has 1 aromatic heterocycles. The van der Waals surface area contributed by atoms with Crippen molar-refractivity contribution in [2.45, 2.75) is 39.3 Å². The van der Waals surface area contributed by atoms with E-state index < -0.39 is 6.04 Å². The van der Waals surface area contributed by atoms with Crippen molar-refractivity contribution in [3.63, 3.8) is 0 Å². The Morgan fingerprint density at radius 1 is 1.44 bits per heavy atom. The van der Waals surface area contributed by atoms with Gasteiger partial charge in [0.2, 0.25) is 0 Å². The Kier molecular flexibility index (Phi) is 2.88. The maximum Gasteiger partial charge on any atom is 0.256 e. The second-order valence-corrected chi connectivity index (χ2v) is 5.59. The number of amides is 1. The van der Waals surface area contributed by atoms with Crippen molar-refractivity contribution in [1.82, 2.24) is 20.4 Å². The molecule has 0 saturated carbocycles. The summed E-state index contributed by atoms with van der Waals surface area (Å²) in [5.74, 6) is 0.415. The fraction of sp³-hybridized carbons (Fsp3) is 0.583. The van der Waals surface area contributed by atoms with Crippen LogP contribution in [0.2, 0.25) is 0 Å². The van der Waals surface area contributed by atoms with Gasteiger partial charge in [0.05, 0.1) is 5.69 Å². The maximum atomic E-state index is 11.9. The molecule has 1 aliphatic rings. The minimum atomic E-state index is -0.497. The summed E-state index contributed by atoms with van der Waals surface area (Å²) in [6.07, 6.45) is 1.84. The average molecular weight is 249 g/mol. The molecule has 1 atom stereocenters. The van der Waals surface area contributed by atoms with Gasteiger partial charge in [-0.3, -0.25) is 14.8 Å². The molecule has 2 N–H and O–H groups in total. The van der Waals surface area contributed by atoms with Crippen LogP contribution in [0.15, 0.2) is 11.2 Å². The Balaban J connectivity index is 2.24. The van der Waals surface area contributed by atoms with Gasteiger partial charge in [0.15, 0.2) is 12.0 Å². The van der Waals surface area contributed by atoms with Gasteiger partial charge >= 0.3 is 0 Å². The second-order valence-electron chi connectivity index (χ2n) is 5.59. The molecule has 1 aliphatic heterocycles. The van der Waals surface area contributed by atoms with Gasteiger partial charge in [-0.15, -0.1) is 0 Å². The molecule has 1 unspecified atom stereocenters. The summed E-state index contributed by atoms with van der Waals surface area (Å²) < 4.78 is 1.70. The first-order valence-corrected chi connectivity index (χ1v) is 5.93. The van der Waals surface area contributed by atoms with Crippen LogP contribution in [0.25, 0.3) is 0 Å². The molecule has 0 fully saturated rings. The van der Waals surface area contributed by atoms with Crippen LogP contribution in [0.1, 0.15) is 38.1 Å². The van der Waals surface area contributed by atoms with E-state index >= 15 is 0 Å². The molecule has 18 heavy (non-hydrogen) atoms. The average Bonchev–Trinajstić information content (AvgIpc) is 2.67. The summed E-state index contributed by atoms with van der Waals surface area (Å²) >= 11 is 0. The van der Waals surface area contributed by atoms with Gasteiger partial charge < -0.3 is 5.32 Å². The van der Waals surface area contributed by atoms with Gasteiger partial charge in [-0.25, -0.2) is 4.99 Å². The molecule has 1 aromatic rings. The highest BCUT2D eigenvalue weighted by molar-refractivity contribution is 6.05. The van der Waals surface area contributed by atoms with E-state index in [0.717, 1.165) is 11.3 Å². The molecule has 0 aromatic carbocycles. The van der Waals surface area contributed by atoms with Crippen molar-refractivity contribution in [3.8, 4) is 0 Å². The molecule has 98 valence electrons. The van der Waals surface area contributed by atoms with E-state index in [1.807, 2.05) is 40.9 Å². The van der Waals surface area contributed by atoms with Gasteiger partial charge in [0.25, 0.3) is 5.91 Å². The highest BCUT2D eigenvalue weighted by Crippen LogP contribution is 2.23. The normalized spacial score (nSPS) is 19.7. The van der Waals surface area contributed by atoms with Crippen LogP contribution in [0.3, 0.4) is 0 Å². The quantitative estimate of drug-likeness (QED) is 0.767. The zero-order valence-electron chi connectivity index (χ0n) is 11.4. The van der Waals surface area contributed by atoms with Gasteiger partial charge in [-0.05, 0) is 27.7 Å². The number of aryl methyl sites for hydroxylation is 2. The number of rotatable bonds is 1. The predicted octanol–water partition coefficient (Wildman–Crippen LogP) is 0.644. The van der Waals surface area contributed by atoms with Gasteiger partial charge in [-0.1, -0.05) is 0 Å². The molecule has 2 heterocycles. The molecule has 0 aliphatic carbocycles. The molecule has 2 rings (SSSR count). The first kappa shape index (κ1) is 12.6.